The monoisotopic (exact) mass is 614 g/mol. The zero-order valence-electron chi connectivity index (χ0n) is 19.4. The summed E-state index contributed by atoms with van der Waals surface area (Å²) in [4.78, 5) is 21.8. The molecule has 198 valence electrons. The SMILES string of the molecule is CC1(c2ccc(Br)cc2)C(=O)Nc2nc(-n3nc(CCC(F)(F)C(F)(F)F)c4cc(Cl)ccc43)nc(N)c21. The second-order valence-electron chi connectivity index (χ2n) is 8.94. The molecule has 3 heterocycles. The third kappa shape index (κ3) is 4.17. The van der Waals surface area contributed by atoms with Crippen molar-refractivity contribution in [2.24, 2.45) is 0 Å². The van der Waals surface area contributed by atoms with Gasteiger partial charge < -0.3 is 11.1 Å². The number of aromatic nitrogens is 4. The Bertz CT molecular complexity index is 1590. The zero-order valence-corrected chi connectivity index (χ0v) is 21.7. The van der Waals surface area contributed by atoms with Crippen LogP contribution < -0.4 is 11.1 Å². The maximum atomic E-state index is 13.6. The highest BCUT2D eigenvalue weighted by Gasteiger charge is 2.56. The Morgan fingerprint density at radius 3 is 2.45 bits per heavy atom. The number of hydrogen-bond acceptors (Lipinski definition) is 5. The summed E-state index contributed by atoms with van der Waals surface area (Å²) < 4.78 is 67.4. The molecule has 0 saturated heterocycles. The number of amides is 1. The predicted octanol–water partition coefficient (Wildman–Crippen LogP) is 6.20. The minimum atomic E-state index is -5.69. The Morgan fingerprint density at radius 1 is 1.11 bits per heavy atom. The van der Waals surface area contributed by atoms with Gasteiger partial charge in [0.15, 0.2) is 0 Å². The first kappa shape index (κ1) is 26.3. The largest absolute Gasteiger partial charge is 0.453 e. The molecule has 0 saturated carbocycles. The molecular formula is C24H17BrClF5N6O. The fourth-order valence-corrected chi connectivity index (χ4v) is 4.89. The molecule has 1 aliphatic rings. The van der Waals surface area contributed by atoms with E-state index >= 15 is 0 Å². The first-order valence-electron chi connectivity index (χ1n) is 11.1. The van der Waals surface area contributed by atoms with Gasteiger partial charge in [-0.15, -0.1) is 0 Å². The average Bonchev–Trinajstić information content (AvgIpc) is 3.32. The number of benzene rings is 2. The van der Waals surface area contributed by atoms with Gasteiger partial charge in [-0.25, -0.2) is 0 Å². The molecule has 0 fully saturated rings. The molecule has 4 aromatic rings. The molecule has 2 aromatic carbocycles. The van der Waals surface area contributed by atoms with E-state index in [1.807, 2.05) is 0 Å². The molecule has 3 N–H and O–H groups in total. The van der Waals surface area contributed by atoms with Crippen molar-refractivity contribution in [2.75, 3.05) is 11.1 Å². The van der Waals surface area contributed by atoms with E-state index in [0.717, 1.165) is 4.47 Å². The lowest BCUT2D eigenvalue weighted by molar-refractivity contribution is -0.284. The molecule has 0 aliphatic carbocycles. The number of nitrogens with one attached hydrogen (secondary N) is 1. The van der Waals surface area contributed by atoms with Crippen molar-refractivity contribution in [3.05, 3.63) is 68.8 Å². The van der Waals surface area contributed by atoms with Crippen LogP contribution in [0.15, 0.2) is 46.9 Å². The summed E-state index contributed by atoms with van der Waals surface area (Å²) in [6.45, 7) is 1.68. The molecule has 1 amide bonds. The van der Waals surface area contributed by atoms with Crippen LogP contribution in [0.4, 0.5) is 33.6 Å². The molecule has 0 bridgehead atoms. The number of carbonyl (C=O) groups excluding carboxylic acids is 1. The molecule has 5 rings (SSSR count). The van der Waals surface area contributed by atoms with Crippen molar-refractivity contribution in [1.29, 1.82) is 0 Å². The fraction of sp³-hybridized carbons (Fsp3) is 0.250. The van der Waals surface area contributed by atoms with Crippen molar-refractivity contribution in [3.63, 3.8) is 0 Å². The van der Waals surface area contributed by atoms with Crippen molar-refractivity contribution in [1.82, 2.24) is 19.7 Å². The van der Waals surface area contributed by atoms with Gasteiger partial charge in [-0.1, -0.05) is 39.7 Å². The van der Waals surface area contributed by atoms with Gasteiger partial charge in [0.1, 0.15) is 17.1 Å². The normalized spacial score (nSPS) is 17.6. The van der Waals surface area contributed by atoms with E-state index in [4.69, 9.17) is 17.3 Å². The van der Waals surface area contributed by atoms with Crippen LogP contribution in [0.2, 0.25) is 5.02 Å². The number of anilines is 2. The van der Waals surface area contributed by atoms with Crippen LogP contribution in [0, 0.1) is 0 Å². The van der Waals surface area contributed by atoms with Gasteiger partial charge in [-0.2, -0.15) is 41.7 Å². The first-order chi connectivity index (χ1) is 17.7. The van der Waals surface area contributed by atoms with Crippen LogP contribution in [0.1, 0.15) is 30.2 Å². The van der Waals surface area contributed by atoms with Gasteiger partial charge in [0.05, 0.1) is 16.8 Å². The van der Waals surface area contributed by atoms with Crippen LogP contribution >= 0.6 is 27.5 Å². The Labute approximate surface area is 225 Å². The number of halogens is 7. The standard InChI is InChI=1S/C24H17BrClF5N6O/c1-22(11-2-4-12(25)5-3-11)17-18(32)33-21(35-19(17)34-20(22)38)37-16-7-6-13(26)10-14(16)15(36-37)8-9-23(27,28)24(29,30)31/h2-7,10H,8-9H2,1H3,(H3,32,33,34,35,38). The van der Waals surface area contributed by atoms with Crippen LogP contribution in [-0.2, 0) is 16.6 Å². The number of alkyl halides is 5. The van der Waals surface area contributed by atoms with Crippen molar-refractivity contribution in [2.45, 2.75) is 37.3 Å². The lowest BCUT2D eigenvalue weighted by atomic mass is 9.78. The molecule has 0 spiro atoms. The van der Waals surface area contributed by atoms with Crippen molar-refractivity contribution < 1.29 is 26.7 Å². The van der Waals surface area contributed by atoms with Gasteiger partial charge >= 0.3 is 12.1 Å². The van der Waals surface area contributed by atoms with E-state index in [2.05, 4.69) is 36.3 Å². The number of nitrogen functional groups attached to an aromatic ring is 1. The van der Waals surface area contributed by atoms with Crippen LogP contribution in [0.25, 0.3) is 16.9 Å². The third-order valence-electron chi connectivity index (χ3n) is 6.53. The summed E-state index contributed by atoms with van der Waals surface area (Å²) in [5, 5.41) is 7.43. The van der Waals surface area contributed by atoms with Crippen molar-refractivity contribution >= 4 is 56.0 Å². The Hall–Kier alpha value is -3.32. The summed E-state index contributed by atoms with van der Waals surface area (Å²) in [6, 6.07) is 11.5. The van der Waals surface area contributed by atoms with E-state index < -0.39 is 30.4 Å². The highest BCUT2D eigenvalue weighted by Crippen LogP contribution is 2.45. The Kier molecular flexibility index (Phi) is 6.14. The van der Waals surface area contributed by atoms with Gasteiger partial charge in [0.25, 0.3) is 5.95 Å². The number of carbonyl (C=O) groups is 1. The van der Waals surface area contributed by atoms with Crippen LogP contribution in [-0.4, -0.2) is 37.8 Å². The second kappa shape index (κ2) is 8.87. The number of nitrogens with two attached hydrogens (primary N) is 1. The lowest BCUT2D eigenvalue weighted by Gasteiger charge is -2.23. The lowest BCUT2D eigenvalue weighted by Crippen LogP contribution is -2.36. The number of rotatable bonds is 5. The number of hydrogen-bond donors (Lipinski definition) is 2. The van der Waals surface area contributed by atoms with Gasteiger partial charge in [-0.3, -0.25) is 4.79 Å². The highest BCUT2D eigenvalue weighted by atomic mass is 79.9. The van der Waals surface area contributed by atoms with E-state index in [0.29, 0.717) is 16.6 Å². The fourth-order valence-electron chi connectivity index (χ4n) is 4.46. The van der Waals surface area contributed by atoms with E-state index in [1.54, 1.807) is 31.2 Å². The van der Waals surface area contributed by atoms with Crippen LogP contribution in [0.3, 0.4) is 0 Å². The molecule has 7 nitrogen and oxygen atoms in total. The molecule has 1 atom stereocenters. The third-order valence-corrected chi connectivity index (χ3v) is 7.29. The molecule has 2 aromatic heterocycles. The van der Waals surface area contributed by atoms with Crippen LogP contribution in [0.5, 0.6) is 0 Å². The summed E-state index contributed by atoms with van der Waals surface area (Å²) in [6.07, 6.45) is -7.90. The number of aryl methyl sites for hydroxylation is 1. The maximum absolute atomic E-state index is 13.6. The van der Waals surface area contributed by atoms with Gasteiger partial charge in [0.2, 0.25) is 5.91 Å². The first-order valence-corrected chi connectivity index (χ1v) is 12.3. The zero-order chi connectivity index (χ0) is 27.6. The van der Waals surface area contributed by atoms with Gasteiger partial charge in [0, 0.05) is 21.3 Å². The molecule has 1 aliphatic heterocycles. The van der Waals surface area contributed by atoms with E-state index in [1.165, 1.54) is 22.9 Å². The predicted molar refractivity (Wildman–Crippen MR) is 135 cm³/mol. The molecule has 1 unspecified atom stereocenters. The smallest absolute Gasteiger partial charge is 0.383 e. The average molecular weight is 616 g/mol. The Balaban J connectivity index is 1.60. The Morgan fingerprint density at radius 2 is 1.79 bits per heavy atom. The quantitative estimate of drug-likeness (QED) is 0.261. The van der Waals surface area contributed by atoms with E-state index in [9.17, 15) is 26.7 Å². The maximum Gasteiger partial charge on any atom is 0.453 e. The second-order valence-corrected chi connectivity index (χ2v) is 10.3. The summed E-state index contributed by atoms with van der Waals surface area (Å²) >= 11 is 9.42. The van der Waals surface area contributed by atoms with E-state index in [-0.39, 0.29) is 39.6 Å². The summed E-state index contributed by atoms with van der Waals surface area (Å²) in [7, 11) is 0. The molecular weight excluding hydrogens is 599 g/mol. The topological polar surface area (TPSA) is 98.7 Å². The molecule has 14 heteroatoms. The minimum Gasteiger partial charge on any atom is -0.383 e. The number of nitrogens with zero attached hydrogens (tertiary/aromatic N) is 4. The molecule has 0 radical (unpaired) electrons. The summed E-state index contributed by atoms with van der Waals surface area (Å²) in [5.41, 5.74) is 6.35. The molecule has 38 heavy (non-hydrogen) atoms. The highest BCUT2D eigenvalue weighted by molar-refractivity contribution is 9.10. The number of fused-ring (bicyclic) bond motifs is 2. The van der Waals surface area contributed by atoms with Gasteiger partial charge in [-0.05, 0) is 49.2 Å². The summed E-state index contributed by atoms with van der Waals surface area (Å²) in [5.74, 6) is -5.30. The minimum absolute atomic E-state index is 0.0310. The van der Waals surface area contributed by atoms with Crippen molar-refractivity contribution in [3.8, 4) is 5.95 Å².